The van der Waals surface area contributed by atoms with Crippen LogP contribution >= 0.6 is 34.4 Å². The number of thioether (sulfide) groups is 1. The molecule has 6 heteroatoms. The van der Waals surface area contributed by atoms with Gasteiger partial charge in [0.05, 0.1) is 3.57 Å². The van der Waals surface area contributed by atoms with Gasteiger partial charge in [0.1, 0.15) is 24.7 Å². The third-order valence-corrected chi connectivity index (χ3v) is 6.06. The summed E-state index contributed by atoms with van der Waals surface area (Å²) >= 11 is 3.27. The van der Waals surface area contributed by atoms with Gasteiger partial charge in [-0.3, -0.25) is 0 Å². The zero-order valence-corrected chi connectivity index (χ0v) is 13.5. The second kappa shape index (κ2) is 5.02. The molecule has 0 saturated carbocycles. The van der Waals surface area contributed by atoms with E-state index in [0.717, 1.165) is 5.32 Å². The fourth-order valence-corrected chi connectivity index (χ4v) is 5.93. The monoisotopic (exact) mass is 366 g/mol. The minimum Gasteiger partial charge on any atom is -0.247 e. The first-order valence-corrected chi connectivity index (χ1v) is 10.5. The predicted molar refractivity (Wildman–Crippen MR) is 76.4 cm³/mol. The molecule has 0 aromatic carbocycles. The molecule has 86 valence electrons. The molecule has 16 heavy (non-hydrogen) atoms. The summed E-state index contributed by atoms with van der Waals surface area (Å²) in [5.41, 5.74) is 0.136. The lowest BCUT2D eigenvalue weighted by Gasteiger charge is -2.19. The number of halogens is 2. The standard InChI is InChI=1S/C10H12FIN2SSi/c1-15-9-7(11)6(5-13)8(12)10(14-9)16(2,3)4/h1-4H3. The number of rotatable bonds is 2. The van der Waals surface area contributed by atoms with E-state index in [4.69, 9.17) is 5.26 Å². The van der Waals surface area contributed by atoms with Gasteiger partial charge in [-0.25, -0.2) is 9.37 Å². The van der Waals surface area contributed by atoms with E-state index in [1.165, 1.54) is 11.8 Å². The van der Waals surface area contributed by atoms with Gasteiger partial charge in [-0.1, -0.05) is 19.6 Å². The molecule has 0 aliphatic rings. The van der Waals surface area contributed by atoms with Crippen LogP contribution in [0.3, 0.4) is 0 Å². The summed E-state index contributed by atoms with van der Waals surface area (Å²) in [5.74, 6) is -0.485. The number of nitriles is 1. The van der Waals surface area contributed by atoms with E-state index < -0.39 is 13.9 Å². The van der Waals surface area contributed by atoms with Gasteiger partial charge in [0.15, 0.2) is 5.82 Å². The summed E-state index contributed by atoms with van der Waals surface area (Å²) in [5, 5.41) is 10.2. The molecule has 0 N–H and O–H groups in total. The zero-order chi connectivity index (χ0) is 12.5. The molecular formula is C10H12FIN2SSi. The summed E-state index contributed by atoms with van der Waals surface area (Å²) in [6.45, 7) is 6.42. The minimum atomic E-state index is -1.65. The van der Waals surface area contributed by atoms with Crippen LogP contribution in [0.25, 0.3) is 0 Å². The Balaban J connectivity index is 3.61. The average molecular weight is 366 g/mol. The van der Waals surface area contributed by atoms with Crippen LogP contribution < -0.4 is 5.32 Å². The van der Waals surface area contributed by atoms with E-state index in [9.17, 15) is 4.39 Å². The Bertz CT molecular complexity index is 465. The zero-order valence-electron chi connectivity index (χ0n) is 9.56. The van der Waals surface area contributed by atoms with Crippen molar-refractivity contribution in [2.75, 3.05) is 6.26 Å². The summed E-state index contributed by atoms with van der Waals surface area (Å²) in [7, 11) is -1.65. The highest BCUT2D eigenvalue weighted by Crippen LogP contribution is 2.23. The van der Waals surface area contributed by atoms with Gasteiger partial charge < -0.3 is 0 Å². The fourth-order valence-electron chi connectivity index (χ4n) is 1.25. The molecule has 0 amide bonds. The molecule has 0 fully saturated rings. The third kappa shape index (κ3) is 2.57. The Kier molecular flexibility index (Phi) is 4.37. The first-order valence-electron chi connectivity index (χ1n) is 4.66. The van der Waals surface area contributed by atoms with Gasteiger partial charge >= 0.3 is 0 Å². The van der Waals surface area contributed by atoms with Crippen molar-refractivity contribution in [3.8, 4) is 6.07 Å². The number of nitrogens with zero attached hydrogens (tertiary/aromatic N) is 2. The van der Waals surface area contributed by atoms with E-state index in [-0.39, 0.29) is 5.56 Å². The molecule has 0 radical (unpaired) electrons. The van der Waals surface area contributed by atoms with Gasteiger partial charge in [-0.2, -0.15) is 5.26 Å². The molecule has 0 unspecified atom stereocenters. The minimum absolute atomic E-state index is 0.136. The van der Waals surface area contributed by atoms with Gasteiger partial charge in [-0.15, -0.1) is 11.8 Å². The molecule has 2 nitrogen and oxygen atoms in total. The van der Waals surface area contributed by atoms with Crippen LogP contribution in [-0.4, -0.2) is 19.3 Å². The maximum Gasteiger partial charge on any atom is 0.174 e. The number of pyridine rings is 1. The topological polar surface area (TPSA) is 36.7 Å². The van der Waals surface area contributed by atoms with Crippen LogP contribution in [0.1, 0.15) is 5.56 Å². The van der Waals surface area contributed by atoms with Crippen LogP contribution in [0, 0.1) is 20.7 Å². The first-order chi connectivity index (χ1) is 7.32. The quantitative estimate of drug-likeness (QED) is 0.459. The van der Waals surface area contributed by atoms with Crippen molar-refractivity contribution < 1.29 is 4.39 Å². The van der Waals surface area contributed by atoms with Crippen molar-refractivity contribution in [2.24, 2.45) is 0 Å². The number of hydrogen-bond acceptors (Lipinski definition) is 3. The number of aromatic nitrogens is 1. The van der Waals surface area contributed by atoms with E-state index in [1.807, 2.05) is 28.7 Å². The Hall–Kier alpha value is -0.133. The third-order valence-electron chi connectivity index (χ3n) is 2.06. The summed E-state index contributed by atoms with van der Waals surface area (Å²) in [4.78, 5) is 4.36. The van der Waals surface area contributed by atoms with Crippen LogP contribution in [0.4, 0.5) is 4.39 Å². The van der Waals surface area contributed by atoms with Crippen molar-refractivity contribution in [3.63, 3.8) is 0 Å². The van der Waals surface area contributed by atoms with Crippen LogP contribution in [0.15, 0.2) is 5.03 Å². The largest absolute Gasteiger partial charge is 0.247 e. The summed E-state index contributed by atoms with van der Waals surface area (Å²) in [6, 6.07) is 1.94. The molecule has 0 saturated heterocycles. The Morgan fingerprint density at radius 3 is 2.38 bits per heavy atom. The molecule has 0 aliphatic heterocycles. The van der Waals surface area contributed by atoms with Crippen LogP contribution in [-0.2, 0) is 0 Å². The van der Waals surface area contributed by atoms with E-state index in [1.54, 1.807) is 6.26 Å². The SMILES string of the molecule is CSc1nc([Si](C)(C)C)c(I)c(C#N)c1F. The van der Waals surface area contributed by atoms with Gasteiger partial charge in [0, 0.05) is 5.32 Å². The fraction of sp³-hybridized carbons (Fsp3) is 0.400. The molecule has 0 bridgehead atoms. The molecule has 0 aliphatic carbocycles. The molecule has 0 atom stereocenters. The highest BCUT2D eigenvalue weighted by atomic mass is 127. The Labute approximate surface area is 114 Å². The van der Waals surface area contributed by atoms with Gasteiger partial charge in [-0.05, 0) is 28.8 Å². The van der Waals surface area contributed by atoms with Gasteiger partial charge in [0.25, 0.3) is 0 Å². The lowest BCUT2D eigenvalue weighted by molar-refractivity contribution is 0.584. The second-order valence-electron chi connectivity index (χ2n) is 4.33. The highest BCUT2D eigenvalue weighted by molar-refractivity contribution is 14.1. The Morgan fingerprint density at radius 2 is 2.00 bits per heavy atom. The van der Waals surface area contributed by atoms with Crippen molar-refractivity contribution in [3.05, 3.63) is 15.0 Å². The summed E-state index contributed by atoms with van der Waals surface area (Å²) < 4.78 is 14.5. The smallest absolute Gasteiger partial charge is 0.174 e. The second-order valence-corrected chi connectivity index (χ2v) is 11.2. The molecule has 1 rings (SSSR count). The maximum absolute atomic E-state index is 13.8. The van der Waals surface area contributed by atoms with E-state index in [0.29, 0.717) is 8.60 Å². The molecule has 1 aromatic rings. The van der Waals surface area contributed by atoms with Crippen LogP contribution in [0.2, 0.25) is 19.6 Å². The molecule has 1 aromatic heterocycles. The molecule has 0 spiro atoms. The van der Waals surface area contributed by atoms with Crippen LogP contribution in [0.5, 0.6) is 0 Å². The lowest BCUT2D eigenvalue weighted by atomic mass is 10.3. The van der Waals surface area contributed by atoms with Crippen molar-refractivity contribution in [1.29, 1.82) is 5.26 Å². The average Bonchev–Trinajstić information content (AvgIpc) is 2.17. The number of hydrogen-bond donors (Lipinski definition) is 0. The Morgan fingerprint density at radius 1 is 1.44 bits per heavy atom. The highest BCUT2D eigenvalue weighted by Gasteiger charge is 2.27. The molecule has 1 heterocycles. The van der Waals surface area contributed by atoms with Crippen molar-refractivity contribution in [1.82, 2.24) is 4.98 Å². The summed E-state index contributed by atoms with van der Waals surface area (Å²) in [6.07, 6.45) is 1.77. The normalized spacial score (nSPS) is 11.3. The van der Waals surface area contributed by atoms with E-state index >= 15 is 0 Å². The maximum atomic E-state index is 13.8. The first kappa shape index (κ1) is 13.9. The van der Waals surface area contributed by atoms with E-state index in [2.05, 4.69) is 24.6 Å². The predicted octanol–water partition coefficient (Wildman–Crippen LogP) is 2.96. The lowest BCUT2D eigenvalue weighted by Crippen LogP contribution is -2.43. The van der Waals surface area contributed by atoms with Gasteiger partial charge in [0.2, 0.25) is 0 Å². The van der Waals surface area contributed by atoms with Crippen molar-refractivity contribution in [2.45, 2.75) is 24.7 Å². The molecular weight excluding hydrogens is 354 g/mol. The van der Waals surface area contributed by atoms with Crippen molar-refractivity contribution >= 4 is 47.7 Å².